The summed E-state index contributed by atoms with van der Waals surface area (Å²) in [4.78, 5) is 2.68. The maximum Gasteiger partial charge on any atom is 0.0707 e. The predicted octanol–water partition coefficient (Wildman–Crippen LogP) is 3.83. The summed E-state index contributed by atoms with van der Waals surface area (Å²) in [6, 6.07) is 0. The molecule has 0 aromatic rings. The van der Waals surface area contributed by atoms with Crippen LogP contribution in [0.4, 0.5) is 0 Å². The van der Waals surface area contributed by atoms with Gasteiger partial charge in [-0.15, -0.1) is 0 Å². The van der Waals surface area contributed by atoms with Crippen LogP contribution in [0.15, 0.2) is 0 Å². The molecule has 0 N–H and O–H groups in total. The van der Waals surface area contributed by atoms with Crippen LogP contribution in [0.1, 0.15) is 52.4 Å². The largest absolute Gasteiger partial charge is 0.372 e. The number of likely N-dealkylation sites (tertiary alicyclic amines) is 1. The van der Waals surface area contributed by atoms with E-state index < -0.39 is 0 Å². The van der Waals surface area contributed by atoms with Crippen molar-refractivity contribution < 1.29 is 4.74 Å². The second-order valence-corrected chi connectivity index (χ2v) is 6.85. The van der Waals surface area contributed by atoms with Gasteiger partial charge in [0.2, 0.25) is 0 Å². The lowest BCUT2D eigenvalue weighted by atomic mass is 9.80. The van der Waals surface area contributed by atoms with Gasteiger partial charge in [0.1, 0.15) is 0 Å². The van der Waals surface area contributed by atoms with E-state index in [-0.39, 0.29) is 0 Å². The van der Waals surface area contributed by atoms with Gasteiger partial charge in [-0.2, -0.15) is 0 Å². The number of fused-ring (bicyclic) bond motifs is 2. The fourth-order valence-electron chi connectivity index (χ4n) is 3.82. The minimum Gasteiger partial charge on any atom is -0.372 e. The van der Waals surface area contributed by atoms with E-state index in [4.69, 9.17) is 4.74 Å². The second kappa shape index (κ2) is 6.71. The molecular weight excluding hydrogens is 290 g/mol. The average molecular weight is 318 g/mol. The van der Waals surface area contributed by atoms with Gasteiger partial charge in [0.15, 0.2) is 0 Å². The Bertz CT molecular complexity index is 241. The van der Waals surface area contributed by atoms with E-state index in [2.05, 4.69) is 34.7 Å². The minimum atomic E-state index is 0.486. The third-order valence-electron chi connectivity index (χ3n) is 4.52. The van der Waals surface area contributed by atoms with E-state index in [0.717, 1.165) is 5.33 Å². The van der Waals surface area contributed by atoms with Crippen LogP contribution in [0, 0.1) is 5.41 Å². The molecule has 18 heavy (non-hydrogen) atoms. The van der Waals surface area contributed by atoms with Crippen LogP contribution in [0.25, 0.3) is 0 Å². The van der Waals surface area contributed by atoms with Gasteiger partial charge in [0.25, 0.3) is 0 Å². The van der Waals surface area contributed by atoms with Gasteiger partial charge in [-0.1, -0.05) is 42.6 Å². The zero-order valence-corrected chi connectivity index (χ0v) is 13.5. The molecule has 0 aromatic heterocycles. The lowest BCUT2D eigenvalue weighted by Crippen LogP contribution is -2.48. The first kappa shape index (κ1) is 14.8. The first-order valence-electron chi connectivity index (χ1n) is 7.65. The molecule has 0 aliphatic carbocycles. The second-order valence-electron chi connectivity index (χ2n) is 6.29. The normalized spacial score (nSPS) is 28.8. The first-order chi connectivity index (χ1) is 8.71. The van der Waals surface area contributed by atoms with Crippen molar-refractivity contribution in [3.05, 3.63) is 0 Å². The van der Waals surface area contributed by atoms with Crippen molar-refractivity contribution in [2.24, 2.45) is 5.41 Å². The molecule has 2 nitrogen and oxygen atoms in total. The Morgan fingerprint density at radius 2 is 1.67 bits per heavy atom. The highest BCUT2D eigenvalue weighted by Crippen LogP contribution is 2.35. The Morgan fingerprint density at radius 1 is 1.11 bits per heavy atom. The summed E-state index contributed by atoms with van der Waals surface area (Å²) in [6.45, 7) is 8.22. The maximum absolute atomic E-state index is 5.94. The molecular formula is C15H28BrNO. The summed E-state index contributed by atoms with van der Waals surface area (Å²) in [5.74, 6) is 0. The quantitative estimate of drug-likeness (QED) is 0.662. The molecule has 0 spiro atoms. The lowest BCUT2D eigenvalue weighted by Gasteiger charge is -2.40. The molecule has 2 fully saturated rings. The lowest BCUT2D eigenvalue weighted by molar-refractivity contribution is -0.0501. The van der Waals surface area contributed by atoms with E-state index in [0.29, 0.717) is 17.6 Å². The van der Waals surface area contributed by atoms with Crippen molar-refractivity contribution in [3.63, 3.8) is 0 Å². The highest BCUT2D eigenvalue weighted by Gasteiger charge is 2.37. The van der Waals surface area contributed by atoms with Gasteiger partial charge in [0, 0.05) is 25.0 Å². The summed E-state index contributed by atoms with van der Waals surface area (Å²) < 4.78 is 5.94. The SMILES string of the molecule is CCCC(CBr)(CCC)CN1CC2CCC(C1)O2. The van der Waals surface area contributed by atoms with Crippen molar-refractivity contribution in [2.45, 2.75) is 64.6 Å². The minimum absolute atomic E-state index is 0.486. The Morgan fingerprint density at radius 3 is 2.11 bits per heavy atom. The van der Waals surface area contributed by atoms with E-state index in [9.17, 15) is 0 Å². The molecule has 2 heterocycles. The van der Waals surface area contributed by atoms with Crippen LogP contribution in [0.2, 0.25) is 0 Å². The van der Waals surface area contributed by atoms with Gasteiger partial charge < -0.3 is 4.74 Å². The Balaban J connectivity index is 1.95. The third-order valence-corrected chi connectivity index (χ3v) is 5.71. The van der Waals surface area contributed by atoms with Crippen LogP contribution in [-0.2, 0) is 4.74 Å². The third kappa shape index (κ3) is 3.49. The van der Waals surface area contributed by atoms with Crippen LogP contribution in [0.3, 0.4) is 0 Å². The molecule has 0 saturated carbocycles. The van der Waals surface area contributed by atoms with Gasteiger partial charge in [-0.05, 0) is 31.1 Å². The molecule has 2 aliphatic rings. The highest BCUT2D eigenvalue weighted by atomic mass is 79.9. The molecule has 106 valence electrons. The maximum atomic E-state index is 5.94. The van der Waals surface area contributed by atoms with Gasteiger partial charge in [-0.3, -0.25) is 4.90 Å². The molecule has 2 saturated heterocycles. The number of rotatable bonds is 7. The summed E-state index contributed by atoms with van der Waals surface area (Å²) in [5, 5.41) is 1.15. The molecule has 3 heteroatoms. The summed E-state index contributed by atoms with van der Waals surface area (Å²) >= 11 is 3.79. The monoisotopic (exact) mass is 317 g/mol. The van der Waals surface area contributed by atoms with Crippen LogP contribution in [-0.4, -0.2) is 42.1 Å². The van der Waals surface area contributed by atoms with E-state index in [1.54, 1.807) is 0 Å². The predicted molar refractivity (Wildman–Crippen MR) is 80.4 cm³/mol. The van der Waals surface area contributed by atoms with Crippen molar-refractivity contribution in [1.82, 2.24) is 4.90 Å². The molecule has 0 amide bonds. The Hall–Kier alpha value is 0.400. The molecule has 2 atom stereocenters. The number of ether oxygens (including phenoxy) is 1. The van der Waals surface area contributed by atoms with E-state index in [1.807, 2.05) is 0 Å². The fraction of sp³-hybridized carbons (Fsp3) is 1.00. The van der Waals surface area contributed by atoms with Crippen molar-refractivity contribution in [2.75, 3.05) is 25.0 Å². The topological polar surface area (TPSA) is 12.5 Å². The summed E-state index contributed by atoms with van der Waals surface area (Å²) in [5.41, 5.74) is 0.486. The van der Waals surface area contributed by atoms with Gasteiger partial charge in [-0.25, -0.2) is 0 Å². The summed E-state index contributed by atoms with van der Waals surface area (Å²) in [7, 11) is 0. The molecule has 2 rings (SSSR count). The molecule has 0 aromatic carbocycles. The number of morpholine rings is 1. The first-order valence-corrected chi connectivity index (χ1v) is 8.77. The van der Waals surface area contributed by atoms with Crippen LogP contribution >= 0.6 is 15.9 Å². The number of hydrogen-bond donors (Lipinski definition) is 0. The fourth-order valence-corrected chi connectivity index (χ4v) is 4.56. The molecule has 2 aliphatic heterocycles. The number of alkyl halides is 1. The van der Waals surface area contributed by atoms with Crippen LogP contribution < -0.4 is 0 Å². The number of nitrogens with zero attached hydrogens (tertiary/aromatic N) is 1. The molecule has 0 radical (unpaired) electrons. The highest BCUT2D eigenvalue weighted by molar-refractivity contribution is 9.09. The molecule has 2 unspecified atom stereocenters. The smallest absolute Gasteiger partial charge is 0.0707 e. The van der Waals surface area contributed by atoms with Crippen molar-refractivity contribution in [1.29, 1.82) is 0 Å². The average Bonchev–Trinajstić information content (AvgIpc) is 2.69. The standard InChI is InChI=1S/C15H28BrNO/c1-3-7-15(11-16,8-4-2)12-17-9-13-5-6-14(10-17)18-13/h13-14H,3-12H2,1-2H3. The Kier molecular flexibility index (Phi) is 5.52. The zero-order chi connectivity index (χ0) is 13.0. The summed E-state index contributed by atoms with van der Waals surface area (Å²) in [6.07, 6.45) is 8.90. The molecule has 2 bridgehead atoms. The van der Waals surface area contributed by atoms with Gasteiger partial charge in [0.05, 0.1) is 12.2 Å². The van der Waals surface area contributed by atoms with Crippen molar-refractivity contribution in [3.8, 4) is 0 Å². The van der Waals surface area contributed by atoms with E-state index >= 15 is 0 Å². The number of hydrogen-bond acceptors (Lipinski definition) is 2. The zero-order valence-electron chi connectivity index (χ0n) is 12.0. The van der Waals surface area contributed by atoms with Crippen molar-refractivity contribution >= 4 is 15.9 Å². The van der Waals surface area contributed by atoms with Crippen LogP contribution in [0.5, 0.6) is 0 Å². The number of halogens is 1. The van der Waals surface area contributed by atoms with Gasteiger partial charge >= 0.3 is 0 Å². The van der Waals surface area contributed by atoms with E-state index in [1.165, 1.54) is 58.2 Å². The Labute approximate surface area is 121 Å².